The van der Waals surface area contributed by atoms with E-state index in [4.69, 9.17) is 4.74 Å². The third-order valence-corrected chi connectivity index (χ3v) is 6.06. The number of carbonyl (C=O) groups excluding carboxylic acids is 2. The molecule has 0 saturated heterocycles. The Kier molecular flexibility index (Phi) is 7.08. The van der Waals surface area contributed by atoms with E-state index in [0.717, 1.165) is 16.7 Å². The maximum Gasteiger partial charge on any atom is 0.264 e. The summed E-state index contributed by atoms with van der Waals surface area (Å²) in [5.74, 6) is 0.417. The largest absolute Gasteiger partial charge is 0.480 e. The fourth-order valence-corrected chi connectivity index (χ4v) is 4.27. The predicted molar refractivity (Wildman–Crippen MR) is 130 cm³/mol. The summed E-state index contributed by atoms with van der Waals surface area (Å²) < 4.78 is 6.08. The van der Waals surface area contributed by atoms with Gasteiger partial charge >= 0.3 is 0 Å². The number of fused-ring (bicyclic) bond motifs is 1. The van der Waals surface area contributed by atoms with Crippen LogP contribution in [0.2, 0.25) is 0 Å². The first kappa shape index (κ1) is 22.6. The summed E-state index contributed by atoms with van der Waals surface area (Å²) in [5.41, 5.74) is 3.67. The topological polar surface area (TPSA) is 58.6 Å². The van der Waals surface area contributed by atoms with Crippen LogP contribution in [0.1, 0.15) is 49.3 Å². The molecule has 0 aromatic heterocycles. The molecule has 0 unspecified atom stereocenters. The lowest BCUT2D eigenvalue weighted by Crippen LogP contribution is -2.38. The van der Waals surface area contributed by atoms with Gasteiger partial charge in [-0.05, 0) is 42.2 Å². The lowest BCUT2D eigenvalue weighted by atomic mass is 9.95. The van der Waals surface area contributed by atoms with Gasteiger partial charge in [0.05, 0.1) is 5.92 Å². The Balaban J connectivity index is 1.57. The smallest absolute Gasteiger partial charge is 0.264 e. The molecule has 5 nitrogen and oxygen atoms in total. The Morgan fingerprint density at radius 1 is 1.03 bits per heavy atom. The maximum absolute atomic E-state index is 13.1. The lowest BCUT2D eigenvalue weighted by Gasteiger charge is -2.23. The van der Waals surface area contributed by atoms with Crippen LogP contribution in [0.25, 0.3) is 0 Å². The second kappa shape index (κ2) is 10.3. The number of nitrogens with zero attached hydrogens (tertiary/aromatic N) is 1. The Bertz CT molecular complexity index is 1100. The molecule has 2 amide bonds. The van der Waals surface area contributed by atoms with Crippen molar-refractivity contribution in [3.63, 3.8) is 0 Å². The van der Waals surface area contributed by atoms with E-state index in [9.17, 15) is 9.59 Å². The van der Waals surface area contributed by atoms with E-state index >= 15 is 0 Å². The molecule has 1 aliphatic rings. The molecule has 0 fully saturated rings. The summed E-state index contributed by atoms with van der Waals surface area (Å²) in [6.45, 7) is 4.91. The highest BCUT2D eigenvalue weighted by molar-refractivity contribution is 5.96. The van der Waals surface area contributed by atoms with E-state index in [0.29, 0.717) is 37.4 Å². The monoisotopic (exact) mass is 442 g/mol. The normalized spacial score (nSPS) is 16.4. The predicted octanol–water partition coefficient (Wildman–Crippen LogP) is 5.52. The standard InChI is InChI=1S/C28H30N2O3/c1-3-24(21-13-9-6-10-14-21)27(31)29-23-15-16-26-22(17-23)19-30(28(32)25(4-2)33-26)18-20-11-7-5-8-12-20/h5-17,24-25H,3-4,18-19H2,1-2H3,(H,29,31)/t24-,25-/m0/s1. The number of benzene rings is 3. The molecule has 1 aliphatic heterocycles. The van der Waals surface area contributed by atoms with Gasteiger partial charge in [-0.3, -0.25) is 9.59 Å². The summed E-state index contributed by atoms with van der Waals surface area (Å²) in [4.78, 5) is 28.0. The van der Waals surface area contributed by atoms with E-state index in [2.05, 4.69) is 5.32 Å². The van der Waals surface area contributed by atoms with Crippen LogP contribution in [0, 0.1) is 0 Å². The number of ether oxygens (including phenoxy) is 1. The highest BCUT2D eigenvalue weighted by atomic mass is 16.5. The fraction of sp³-hybridized carbons (Fsp3) is 0.286. The second-order valence-electron chi connectivity index (χ2n) is 8.38. The maximum atomic E-state index is 13.1. The van der Waals surface area contributed by atoms with Gasteiger partial charge in [-0.25, -0.2) is 0 Å². The molecule has 0 radical (unpaired) electrons. The first-order chi connectivity index (χ1) is 16.1. The zero-order valence-corrected chi connectivity index (χ0v) is 19.2. The zero-order chi connectivity index (χ0) is 23.2. The van der Waals surface area contributed by atoms with Crippen molar-refractivity contribution in [2.45, 2.75) is 51.8 Å². The van der Waals surface area contributed by atoms with Crippen molar-refractivity contribution >= 4 is 17.5 Å². The van der Waals surface area contributed by atoms with E-state index in [1.54, 1.807) is 0 Å². The minimum atomic E-state index is -0.516. The van der Waals surface area contributed by atoms with Gasteiger partial charge < -0.3 is 15.0 Å². The molecular weight excluding hydrogens is 412 g/mol. The quantitative estimate of drug-likeness (QED) is 0.524. The average molecular weight is 443 g/mol. The van der Waals surface area contributed by atoms with Crippen LogP contribution in [0.3, 0.4) is 0 Å². The van der Waals surface area contributed by atoms with Crippen molar-refractivity contribution in [3.05, 3.63) is 95.6 Å². The van der Waals surface area contributed by atoms with Gasteiger partial charge in [0, 0.05) is 24.3 Å². The molecule has 33 heavy (non-hydrogen) atoms. The molecule has 0 saturated carbocycles. The minimum absolute atomic E-state index is 0.0155. The number of carbonyl (C=O) groups is 2. The van der Waals surface area contributed by atoms with Crippen molar-refractivity contribution in [2.75, 3.05) is 5.32 Å². The van der Waals surface area contributed by atoms with Crippen LogP contribution < -0.4 is 10.1 Å². The molecule has 1 N–H and O–H groups in total. The molecular formula is C28H30N2O3. The molecule has 4 rings (SSSR count). The third kappa shape index (κ3) is 5.25. The fourth-order valence-electron chi connectivity index (χ4n) is 4.27. The van der Waals surface area contributed by atoms with Crippen LogP contribution in [-0.4, -0.2) is 22.8 Å². The Hall–Kier alpha value is -3.60. The second-order valence-corrected chi connectivity index (χ2v) is 8.38. The van der Waals surface area contributed by atoms with Crippen molar-refractivity contribution in [1.82, 2.24) is 4.90 Å². The minimum Gasteiger partial charge on any atom is -0.480 e. The molecule has 0 bridgehead atoms. The van der Waals surface area contributed by atoms with Gasteiger partial charge in [-0.2, -0.15) is 0 Å². The van der Waals surface area contributed by atoms with Gasteiger partial charge in [0.2, 0.25) is 5.91 Å². The summed E-state index contributed by atoms with van der Waals surface area (Å²) in [7, 11) is 0. The Morgan fingerprint density at radius 3 is 2.39 bits per heavy atom. The first-order valence-electron chi connectivity index (χ1n) is 11.6. The van der Waals surface area contributed by atoms with Gasteiger partial charge in [-0.1, -0.05) is 74.5 Å². The molecule has 0 spiro atoms. The number of anilines is 1. The molecule has 3 aromatic rings. The Labute approximate surface area is 195 Å². The van der Waals surface area contributed by atoms with Crippen LogP contribution in [-0.2, 0) is 22.7 Å². The highest BCUT2D eigenvalue weighted by Gasteiger charge is 2.30. The highest BCUT2D eigenvalue weighted by Crippen LogP contribution is 2.31. The van der Waals surface area contributed by atoms with E-state index in [1.165, 1.54) is 0 Å². The Morgan fingerprint density at radius 2 is 1.73 bits per heavy atom. The van der Waals surface area contributed by atoms with Gasteiger partial charge in [0.15, 0.2) is 6.10 Å². The number of nitrogens with one attached hydrogen (secondary N) is 1. The molecule has 2 atom stereocenters. The van der Waals surface area contributed by atoms with Crippen molar-refractivity contribution in [2.24, 2.45) is 0 Å². The summed E-state index contributed by atoms with van der Waals surface area (Å²) in [5, 5.41) is 3.06. The number of rotatable bonds is 7. The molecule has 5 heteroatoms. The van der Waals surface area contributed by atoms with Crippen LogP contribution in [0.4, 0.5) is 5.69 Å². The van der Waals surface area contributed by atoms with Gasteiger partial charge in [0.1, 0.15) is 5.75 Å². The zero-order valence-electron chi connectivity index (χ0n) is 19.2. The van der Waals surface area contributed by atoms with Crippen molar-refractivity contribution < 1.29 is 14.3 Å². The van der Waals surface area contributed by atoms with E-state index in [1.807, 2.05) is 97.6 Å². The van der Waals surface area contributed by atoms with Crippen LogP contribution >= 0.6 is 0 Å². The first-order valence-corrected chi connectivity index (χ1v) is 11.6. The molecule has 3 aromatic carbocycles. The van der Waals surface area contributed by atoms with Crippen molar-refractivity contribution in [1.29, 1.82) is 0 Å². The van der Waals surface area contributed by atoms with E-state index < -0.39 is 6.10 Å². The van der Waals surface area contributed by atoms with Crippen LogP contribution in [0.15, 0.2) is 78.9 Å². The molecule has 0 aliphatic carbocycles. The van der Waals surface area contributed by atoms with Crippen LogP contribution in [0.5, 0.6) is 5.75 Å². The number of hydrogen-bond acceptors (Lipinski definition) is 3. The lowest BCUT2D eigenvalue weighted by molar-refractivity contribution is -0.139. The van der Waals surface area contributed by atoms with Crippen molar-refractivity contribution in [3.8, 4) is 5.75 Å². The average Bonchev–Trinajstić information content (AvgIpc) is 2.97. The number of amides is 2. The van der Waals surface area contributed by atoms with Gasteiger partial charge in [0.25, 0.3) is 5.91 Å². The third-order valence-electron chi connectivity index (χ3n) is 6.06. The summed E-state index contributed by atoms with van der Waals surface area (Å²) in [6, 6.07) is 25.4. The SMILES string of the molecule is CC[C@@H]1Oc2ccc(NC(=O)[C@@H](CC)c3ccccc3)cc2CN(Cc2ccccc2)C1=O. The number of hydrogen-bond donors (Lipinski definition) is 1. The molecule has 1 heterocycles. The summed E-state index contributed by atoms with van der Waals surface area (Å²) >= 11 is 0. The molecule has 170 valence electrons. The summed E-state index contributed by atoms with van der Waals surface area (Å²) in [6.07, 6.45) is 0.789. The van der Waals surface area contributed by atoms with Gasteiger partial charge in [-0.15, -0.1) is 0 Å². The van der Waals surface area contributed by atoms with E-state index in [-0.39, 0.29) is 17.7 Å².